The second-order valence-electron chi connectivity index (χ2n) is 12.9. The van der Waals surface area contributed by atoms with Gasteiger partial charge in [-0.1, -0.05) is 13.0 Å². The Morgan fingerprint density at radius 1 is 0.731 bits per heavy atom. The third-order valence-electron chi connectivity index (χ3n) is 7.95. The van der Waals surface area contributed by atoms with Crippen molar-refractivity contribution in [3.8, 4) is 0 Å². The molecule has 0 aliphatic heterocycles. The minimum atomic E-state index is -0.892. The van der Waals surface area contributed by atoms with E-state index in [1.807, 2.05) is 6.08 Å². The Morgan fingerprint density at radius 3 is 1.48 bits per heavy atom. The molecule has 2 unspecified atom stereocenters. The maximum Gasteiger partial charge on any atom is 1.00 e. The first-order valence-corrected chi connectivity index (χ1v) is 23.2. The molecule has 0 heterocycles. The normalized spacial score (nSPS) is 13.1. The van der Waals surface area contributed by atoms with Crippen molar-refractivity contribution in [2.24, 2.45) is 11.8 Å². The van der Waals surface area contributed by atoms with Crippen LogP contribution in [0.3, 0.4) is 0 Å². The van der Waals surface area contributed by atoms with Crippen molar-refractivity contribution in [3.63, 3.8) is 0 Å². The number of aldehydes is 1. The number of methoxy groups -OCH3 is 2. The van der Waals surface area contributed by atoms with Gasteiger partial charge in [0.2, 0.25) is 0 Å². The van der Waals surface area contributed by atoms with Gasteiger partial charge in [0, 0.05) is 50.4 Å². The molecule has 67 heavy (non-hydrogen) atoms. The molecule has 5 rings (SSSR count). The summed E-state index contributed by atoms with van der Waals surface area (Å²) in [5.74, 6) is -1.30. The van der Waals surface area contributed by atoms with Crippen molar-refractivity contribution in [2.45, 2.75) is 65.5 Å². The van der Waals surface area contributed by atoms with Gasteiger partial charge in [-0.3, -0.25) is 19.2 Å². The van der Waals surface area contributed by atoms with Crippen molar-refractivity contribution in [1.82, 2.24) is 0 Å². The van der Waals surface area contributed by atoms with Crippen LogP contribution in [0, 0.1) is 35.1 Å². The molecule has 0 N–H and O–H groups in total. The summed E-state index contributed by atoms with van der Waals surface area (Å²) < 4.78 is 58.8. The number of benzene rings is 4. The van der Waals surface area contributed by atoms with Gasteiger partial charge in [-0.2, -0.15) is 9.59 Å². The molecule has 0 saturated heterocycles. The van der Waals surface area contributed by atoms with Gasteiger partial charge in [-0.15, -0.1) is 53.7 Å². The third kappa shape index (κ3) is 33.7. The molecule has 1 aliphatic carbocycles. The number of allylic oxidation sites excluding steroid dienone is 3. The molecule has 4 aromatic carbocycles. The van der Waals surface area contributed by atoms with Crippen LogP contribution in [0.1, 0.15) is 46.0 Å². The van der Waals surface area contributed by atoms with E-state index in [9.17, 15) is 46.6 Å². The van der Waals surface area contributed by atoms with Crippen LogP contribution in [-0.4, -0.2) is 67.4 Å². The molecule has 0 bridgehead atoms. The second kappa shape index (κ2) is 40.7. The Balaban J connectivity index is 0. The van der Waals surface area contributed by atoms with Crippen LogP contribution >= 0.6 is 47.9 Å². The van der Waals surface area contributed by atoms with Crippen LogP contribution in [-0.2, 0) is 43.0 Å². The fraction of sp³-hybridized carbons (Fsp3) is 0.292. The number of ketones is 2. The summed E-state index contributed by atoms with van der Waals surface area (Å²) in [4.78, 5) is 73.8. The molecule has 356 valence electrons. The summed E-state index contributed by atoms with van der Waals surface area (Å²) in [6, 6.07) is 24.8. The van der Waals surface area contributed by atoms with Crippen LogP contribution in [0.25, 0.3) is 0 Å². The number of thioether (sulfide) groups is 3. The van der Waals surface area contributed by atoms with Crippen LogP contribution in [0.2, 0.25) is 0 Å². The fourth-order valence-electron chi connectivity index (χ4n) is 4.85. The molecule has 4 aromatic rings. The number of ether oxygens (including phenoxy) is 2. The number of carbonyl (C=O) groups excluding carboxylic acids is 7. The average Bonchev–Trinajstić information content (AvgIpc) is 3.29. The summed E-state index contributed by atoms with van der Waals surface area (Å²) in [6.07, 6.45) is 8.13. The molecule has 19 heteroatoms. The van der Waals surface area contributed by atoms with E-state index in [1.54, 1.807) is 85.1 Å². The molecular formula is C48H51F4NaO10S4. The maximum atomic E-state index is 12.8. The number of hydrogen-bond donors (Lipinski definition) is 1. The Hall–Kier alpha value is -4.39. The van der Waals surface area contributed by atoms with Gasteiger partial charge < -0.3 is 19.4 Å². The van der Waals surface area contributed by atoms with Crippen molar-refractivity contribution in [3.05, 3.63) is 144 Å². The molecule has 0 saturated carbocycles. The van der Waals surface area contributed by atoms with Crippen molar-refractivity contribution >= 4 is 83.9 Å². The number of hydrogen-bond acceptors (Lipinski definition) is 14. The quantitative estimate of drug-likeness (QED) is 0.0190. The predicted octanol–water partition coefficient (Wildman–Crippen LogP) is 6.99. The van der Waals surface area contributed by atoms with Gasteiger partial charge in [-0.25, -0.2) is 17.6 Å². The number of carbonyl (C=O) groups is 5. The third-order valence-corrected chi connectivity index (χ3v) is 11.4. The van der Waals surface area contributed by atoms with Crippen LogP contribution in [0.15, 0.2) is 141 Å². The number of halogens is 4. The second-order valence-corrected chi connectivity index (χ2v) is 16.9. The molecule has 1 aliphatic rings. The van der Waals surface area contributed by atoms with Crippen molar-refractivity contribution < 1.29 is 95.3 Å². The summed E-state index contributed by atoms with van der Waals surface area (Å²) in [5.41, 5.74) is 0. The van der Waals surface area contributed by atoms with E-state index in [-0.39, 0.29) is 88.9 Å². The average molecular weight is 1020 g/mol. The summed E-state index contributed by atoms with van der Waals surface area (Å²) in [6.45, 7) is 3.29. The minimum Gasteiger partial charge on any atom is -0.875 e. The van der Waals surface area contributed by atoms with E-state index in [4.69, 9.17) is 9.59 Å². The minimum absolute atomic E-state index is 0. The fourth-order valence-corrected chi connectivity index (χ4v) is 7.58. The monoisotopic (exact) mass is 1010 g/mol. The number of thiol groups is 1. The standard InChI is InChI=1S/C16H17FO4S.C12H13FOS.C9H9FOS.C6H5FS.C4H8O2.CO2.Na/c1-21-16(20)15-10(8-12(18)9-14(15)19)6-7-22-13-4-2-11(17)3-5-13;1-10(14)4-2-3-9-15-12-7-5-11(13)6-8-12;10-8-2-4-9(5-3-8)12-7-1-6-11;7-5-1-3-6(8)4-2-5;1-3-4(5)6-2;2-1-3;/h2-5,9-10,15,19H,6-8H2,1H3;2,4-8H,3,9H2,1H3;2-6H,1,7H2;1-4,8H;3H2,1-2H3;;/q;;;;;;+1/p-1/b;4-2+;;;;;. The van der Waals surface area contributed by atoms with Gasteiger partial charge in [0.1, 0.15) is 29.6 Å². The molecule has 0 radical (unpaired) electrons. The first kappa shape index (κ1) is 64.7. The van der Waals surface area contributed by atoms with E-state index >= 15 is 0 Å². The smallest absolute Gasteiger partial charge is 0.875 e. The molecule has 0 amide bonds. The molecule has 10 nitrogen and oxygen atoms in total. The summed E-state index contributed by atoms with van der Waals surface area (Å²) in [5, 5.41) is 11.9. The van der Waals surface area contributed by atoms with Gasteiger partial charge in [0.05, 0.1) is 20.1 Å². The van der Waals surface area contributed by atoms with Crippen molar-refractivity contribution in [2.75, 3.05) is 31.5 Å². The Bertz CT molecular complexity index is 2090. The van der Waals surface area contributed by atoms with E-state index in [0.717, 1.165) is 49.9 Å². The van der Waals surface area contributed by atoms with Crippen LogP contribution in [0.4, 0.5) is 17.6 Å². The number of esters is 2. The Kier molecular flexibility index (Phi) is 39.3. The van der Waals surface area contributed by atoms with E-state index in [0.29, 0.717) is 25.0 Å². The predicted molar refractivity (Wildman–Crippen MR) is 249 cm³/mol. The molecule has 0 spiro atoms. The zero-order valence-electron chi connectivity index (χ0n) is 37.6. The van der Waals surface area contributed by atoms with E-state index < -0.39 is 17.6 Å². The van der Waals surface area contributed by atoms with Gasteiger partial charge in [0.15, 0.2) is 11.6 Å². The first-order chi connectivity index (χ1) is 31.5. The summed E-state index contributed by atoms with van der Waals surface area (Å²) >= 11 is 8.67. The molecule has 2 atom stereocenters. The summed E-state index contributed by atoms with van der Waals surface area (Å²) in [7, 11) is 2.61. The Labute approximate surface area is 429 Å². The SMILES string of the molecule is CC(=O)/C=C/CCSc1ccc(F)cc1.CCC(=O)OC.COC(=O)C1C([O-])=CC(=O)CC1CCSc1ccc(F)cc1.Fc1ccc(S)cc1.O=C=O.O=CCCSc1ccc(F)cc1.[Na+]. The molecule has 0 aromatic heterocycles. The van der Waals surface area contributed by atoms with Gasteiger partial charge >= 0.3 is 47.6 Å². The largest absolute Gasteiger partial charge is 1.00 e. The van der Waals surface area contributed by atoms with Crippen LogP contribution < -0.4 is 34.7 Å². The van der Waals surface area contributed by atoms with Gasteiger partial charge in [-0.05, 0) is 141 Å². The maximum absolute atomic E-state index is 12.8. The van der Waals surface area contributed by atoms with E-state index in [2.05, 4.69) is 22.1 Å². The van der Waals surface area contributed by atoms with Crippen molar-refractivity contribution in [1.29, 1.82) is 0 Å². The zero-order chi connectivity index (χ0) is 49.7. The van der Waals surface area contributed by atoms with E-state index in [1.165, 1.54) is 81.4 Å². The molecule has 0 fully saturated rings. The van der Waals surface area contributed by atoms with Gasteiger partial charge in [0.25, 0.3) is 0 Å². The number of rotatable bonds is 15. The Morgan fingerprint density at radius 2 is 1.13 bits per heavy atom. The zero-order valence-corrected chi connectivity index (χ0v) is 43.0. The van der Waals surface area contributed by atoms with Crippen LogP contribution in [0.5, 0.6) is 0 Å². The molecular weight excluding hydrogens is 964 g/mol. The topological polar surface area (TPSA) is 161 Å². The first-order valence-electron chi connectivity index (χ1n) is 19.8.